The Morgan fingerprint density at radius 1 is 1.00 bits per heavy atom. The summed E-state index contributed by atoms with van der Waals surface area (Å²) in [5.41, 5.74) is 9.15. The molecule has 1 amide bonds. The van der Waals surface area contributed by atoms with Gasteiger partial charge in [0.15, 0.2) is 0 Å². The summed E-state index contributed by atoms with van der Waals surface area (Å²) in [6.07, 6.45) is 1.31. The summed E-state index contributed by atoms with van der Waals surface area (Å²) in [6, 6.07) is 18.1. The summed E-state index contributed by atoms with van der Waals surface area (Å²) in [6.45, 7) is 1.11. The van der Waals surface area contributed by atoms with Gasteiger partial charge in [0, 0.05) is 26.6 Å². The maximum atomic E-state index is 12.2. The number of carbonyl (C=O) groups is 1. The van der Waals surface area contributed by atoms with Gasteiger partial charge in [0.25, 0.3) is 0 Å². The maximum absolute atomic E-state index is 12.2. The Hall–Kier alpha value is -2.13. The predicted molar refractivity (Wildman–Crippen MR) is 85.6 cm³/mol. The highest BCUT2D eigenvalue weighted by Crippen LogP contribution is 2.12. The van der Waals surface area contributed by atoms with Crippen LogP contribution in [0.25, 0.3) is 0 Å². The molecule has 0 bridgehead atoms. The van der Waals surface area contributed by atoms with Crippen LogP contribution in [-0.2, 0) is 24.3 Å². The number of nitrogens with zero attached hydrogens (tertiary/aromatic N) is 1. The highest BCUT2D eigenvalue weighted by atomic mass is 16.2. The Balaban J connectivity index is 1.90. The standard InChI is InChI=1S/C18H22N2O/c1-20(14-17-10-6-5-9-16(17)13-19)18(21)12-11-15-7-3-2-4-8-15/h2-10H,11-14,19H2,1H3. The van der Waals surface area contributed by atoms with E-state index < -0.39 is 0 Å². The number of amides is 1. The van der Waals surface area contributed by atoms with Crippen LogP contribution in [-0.4, -0.2) is 17.9 Å². The van der Waals surface area contributed by atoms with Gasteiger partial charge in [-0.15, -0.1) is 0 Å². The third-order valence-corrected chi connectivity index (χ3v) is 3.64. The number of hydrogen-bond donors (Lipinski definition) is 1. The number of rotatable bonds is 6. The molecule has 0 atom stereocenters. The zero-order chi connectivity index (χ0) is 15.1. The number of benzene rings is 2. The van der Waals surface area contributed by atoms with E-state index in [4.69, 9.17) is 5.73 Å². The minimum absolute atomic E-state index is 0.158. The predicted octanol–water partition coefficient (Wildman–Crippen LogP) is 2.74. The molecule has 0 aromatic heterocycles. The van der Waals surface area contributed by atoms with Crippen LogP contribution < -0.4 is 5.73 Å². The lowest BCUT2D eigenvalue weighted by molar-refractivity contribution is -0.130. The lowest BCUT2D eigenvalue weighted by Crippen LogP contribution is -2.27. The molecule has 2 N–H and O–H groups in total. The molecule has 0 spiro atoms. The number of hydrogen-bond acceptors (Lipinski definition) is 2. The molecule has 21 heavy (non-hydrogen) atoms. The van der Waals surface area contributed by atoms with E-state index in [-0.39, 0.29) is 5.91 Å². The first kappa shape index (κ1) is 15.3. The van der Waals surface area contributed by atoms with Crippen molar-refractivity contribution in [3.63, 3.8) is 0 Å². The van der Waals surface area contributed by atoms with Crippen molar-refractivity contribution in [2.45, 2.75) is 25.9 Å². The van der Waals surface area contributed by atoms with Crippen LogP contribution >= 0.6 is 0 Å². The van der Waals surface area contributed by atoms with Crippen LogP contribution in [0.15, 0.2) is 54.6 Å². The van der Waals surface area contributed by atoms with E-state index in [1.165, 1.54) is 5.56 Å². The van der Waals surface area contributed by atoms with Crippen molar-refractivity contribution in [3.05, 3.63) is 71.3 Å². The third-order valence-electron chi connectivity index (χ3n) is 3.64. The van der Waals surface area contributed by atoms with Crippen molar-refractivity contribution < 1.29 is 4.79 Å². The van der Waals surface area contributed by atoms with Crippen LogP contribution in [0.5, 0.6) is 0 Å². The van der Waals surface area contributed by atoms with E-state index >= 15 is 0 Å². The summed E-state index contributed by atoms with van der Waals surface area (Å²) in [5.74, 6) is 0.158. The topological polar surface area (TPSA) is 46.3 Å². The Morgan fingerprint density at radius 3 is 2.29 bits per heavy atom. The molecule has 3 heteroatoms. The van der Waals surface area contributed by atoms with E-state index in [0.717, 1.165) is 17.5 Å². The minimum Gasteiger partial charge on any atom is -0.341 e. The monoisotopic (exact) mass is 282 g/mol. The second-order valence-corrected chi connectivity index (χ2v) is 5.21. The van der Waals surface area contributed by atoms with Gasteiger partial charge in [-0.25, -0.2) is 0 Å². The van der Waals surface area contributed by atoms with Crippen molar-refractivity contribution in [1.29, 1.82) is 0 Å². The number of nitrogens with two attached hydrogens (primary N) is 1. The normalized spacial score (nSPS) is 10.4. The van der Waals surface area contributed by atoms with Crippen LogP contribution in [0.1, 0.15) is 23.1 Å². The average molecular weight is 282 g/mol. The molecule has 0 aliphatic carbocycles. The van der Waals surface area contributed by atoms with Gasteiger partial charge >= 0.3 is 0 Å². The molecule has 2 aromatic carbocycles. The van der Waals surface area contributed by atoms with Crippen LogP contribution in [0.4, 0.5) is 0 Å². The molecule has 0 saturated heterocycles. The summed E-state index contributed by atoms with van der Waals surface area (Å²) in [7, 11) is 1.85. The Kier molecular flexibility index (Phi) is 5.52. The first-order valence-corrected chi connectivity index (χ1v) is 7.25. The van der Waals surface area contributed by atoms with E-state index in [0.29, 0.717) is 19.5 Å². The van der Waals surface area contributed by atoms with Gasteiger partial charge < -0.3 is 10.6 Å². The van der Waals surface area contributed by atoms with Gasteiger partial charge in [-0.2, -0.15) is 0 Å². The van der Waals surface area contributed by atoms with Crippen LogP contribution in [0, 0.1) is 0 Å². The van der Waals surface area contributed by atoms with Crippen molar-refractivity contribution in [1.82, 2.24) is 4.90 Å². The quantitative estimate of drug-likeness (QED) is 0.885. The minimum atomic E-state index is 0.158. The van der Waals surface area contributed by atoms with E-state index in [9.17, 15) is 4.79 Å². The molecule has 0 radical (unpaired) electrons. The highest BCUT2D eigenvalue weighted by Gasteiger charge is 2.11. The largest absolute Gasteiger partial charge is 0.341 e. The molecule has 110 valence electrons. The molecule has 0 aliphatic heterocycles. The molecular weight excluding hydrogens is 260 g/mol. The van der Waals surface area contributed by atoms with Gasteiger partial charge in [0.05, 0.1) is 0 Å². The first-order chi connectivity index (χ1) is 10.2. The fraction of sp³-hybridized carbons (Fsp3) is 0.278. The van der Waals surface area contributed by atoms with Crippen molar-refractivity contribution in [2.75, 3.05) is 7.05 Å². The highest BCUT2D eigenvalue weighted by molar-refractivity contribution is 5.76. The third kappa shape index (κ3) is 4.43. The number of aryl methyl sites for hydroxylation is 1. The molecule has 0 aliphatic rings. The van der Waals surface area contributed by atoms with E-state index in [2.05, 4.69) is 12.1 Å². The lowest BCUT2D eigenvalue weighted by atomic mass is 10.1. The summed E-state index contributed by atoms with van der Waals surface area (Å²) in [4.78, 5) is 14.0. The van der Waals surface area contributed by atoms with Gasteiger partial charge in [-0.3, -0.25) is 4.79 Å². The van der Waals surface area contributed by atoms with Gasteiger partial charge in [-0.1, -0.05) is 54.6 Å². The zero-order valence-electron chi connectivity index (χ0n) is 12.5. The second-order valence-electron chi connectivity index (χ2n) is 5.21. The summed E-state index contributed by atoms with van der Waals surface area (Å²) >= 11 is 0. The maximum Gasteiger partial charge on any atom is 0.222 e. The Morgan fingerprint density at radius 2 is 1.62 bits per heavy atom. The SMILES string of the molecule is CN(Cc1ccccc1CN)C(=O)CCc1ccccc1. The van der Waals surface area contributed by atoms with Crippen LogP contribution in [0.2, 0.25) is 0 Å². The van der Waals surface area contributed by atoms with Gasteiger partial charge in [0.2, 0.25) is 5.91 Å². The second kappa shape index (κ2) is 7.60. The van der Waals surface area contributed by atoms with Gasteiger partial charge in [0.1, 0.15) is 0 Å². The first-order valence-electron chi connectivity index (χ1n) is 7.25. The molecule has 2 rings (SSSR count). The van der Waals surface area contributed by atoms with E-state index in [1.807, 2.05) is 49.5 Å². The average Bonchev–Trinajstić information content (AvgIpc) is 2.54. The van der Waals surface area contributed by atoms with E-state index in [1.54, 1.807) is 4.90 Å². The Labute approximate surface area is 126 Å². The number of carbonyl (C=O) groups excluding carboxylic acids is 1. The molecule has 0 fully saturated rings. The molecule has 2 aromatic rings. The molecule has 0 heterocycles. The molecular formula is C18H22N2O. The van der Waals surface area contributed by atoms with Crippen LogP contribution in [0.3, 0.4) is 0 Å². The molecule has 0 saturated carbocycles. The Bertz CT molecular complexity index is 581. The molecule has 3 nitrogen and oxygen atoms in total. The zero-order valence-corrected chi connectivity index (χ0v) is 12.5. The summed E-state index contributed by atoms with van der Waals surface area (Å²) < 4.78 is 0. The smallest absolute Gasteiger partial charge is 0.222 e. The van der Waals surface area contributed by atoms with Crippen molar-refractivity contribution in [2.24, 2.45) is 5.73 Å². The van der Waals surface area contributed by atoms with Gasteiger partial charge in [-0.05, 0) is 23.1 Å². The fourth-order valence-electron chi connectivity index (χ4n) is 2.34. The summed E-state index contributed by atoms with van der Waals surface area (Å²) in [5, 5.41) is 0. The van der Waals surface area contributed by atoms with Crippen molar-refractivity contribution in [3.8, 4) is 0 Å². The lowest BCUT2D eigenvalue weighted by Gasteiger charge is -2.19. The van der Waals surface area contributed by atoms with Crippen molar-refractivity contribution >= 4 is 5.91 Å². The fourth-order valence-corrected chi connectivity index (χ4v) is 2.34. The molecule has 0 unspecified atom stereocenters.